The van der Waals surface area contributed by atoms with Crippen molar-refractivity contribution in [3.05, 3.63) is 59.9 Å². The molecule has 2 aliphatic heterocycles. The number of imidazole rings is 1. The number of hydrogen-bond acceptors (Lipinski definition) is 5. The zero-order chi connectivity index (χ0) is 20.5. The van der Waals surface area contributed by atoms with Gasteiger partial charge in [0.25, 0.3) is 0 Å². The number of likely N-dealkylation sites (N-methyl/N-ethyl adjacent to an activating group) is 1. The lowest BCUT2D eigenvalue weighted by Gasteiger charge is -2.38. The highest BCUT2D eigenvalue weighted by molar-refractivity contribution is 5.53. The van der Waals surface area contributed by atoms with Gasteiger partial charge in [0.15, 0.2) is 0 Å². The van der Waals surface area contributed by atoms with Crippen molar-refractivity contribution in [2.75, 3.05) is 51.8 Å². The number of methoxy groups -OCH3 is 1. The maximum atomic E-state index is 5.56. The van der Waals surface area contributed by atoms with Gasteiger partial charge in [-0.2, -0.15) is 0 Å². The van der Waals surface area contributed by atoms with Gasteiger partial charge < -0.3 is 9.64 Å². The Labute approximate surface area is 178 Å². The first-order valence-electron chi connectivity index (χ1n) is 11.0. The molecule has 2 saturated heterocycles. The highest BCUT2D eigenvalue weighted by Gasteiger charge is 2.28. The standard InChI is InChI=1S/C24H31N5O/c1-26-14-15-27(16-19-8-3-4-9-22(19)30-2)18-21(26)20-17-29-23(25-20)10-7-11-24(29)28-12-5-6-13-28/h3-4,7-11,17,21H,5-6,12-16,18H2,1-2H3/t21-/m0/s1. The quantitative estimate of drug-likeness (QED) is 0.650. The van der Waals surface area contributed by atoms with Gasteiger partial charge in [0.05, 0.1) is 18.8 Å². The van der Waals surface area contributed by atoms with Crippen molar-refractivity contribution in [3.8, 4) is 5.75 Å². The van der Waals surface area contributed by atoms with Crippen molar-refractivity contribution in [3.63, 3.8) is 0 Å². The van der Waals surface area contributed by atoms with Gasteiger partial charge in [0, 0.05) is 51.0 Å². The number of hydrogen-bond donors (Lipinski definition) is 0. The molecule has 158 valence electrons. The minimum atomic E-state index is 0.291. The maximum absolute atomic E-state index is 5.56. The van der Waals surface area contributed by atoms with E-state index < -0.39 is 0 Å². The number of benzene rings is 1. The molecular formula is C24H31N5O. The molecule has 1 atom stereocenters. The zero-order valence-corrected chi connectivity index (χ0v) is 18.0. The molecule has 4 heterocycles. The average Bonchev–Trinajstić information content (AvgIpc) is 3.45. The monoisotopic (exact) mass is 405 g/mol. The summed E-state index contributed by atoms with van der Waals surface area (Å²) in [4.78, 5) is 12.5. The Bertz CT molecular complexity index is 1010. The first-order chi connectivity index (χ1) is 14.7. The first kappa shape index (κ1) is 19.4. The van der Waals surface area contributed by atoms with Crippen molar-refractivity contribution in [1.29, 1.82) is 0 Å². The molecule has 0 N–H and O–H groups in total. The summed E-state index contributed by atoms with van der Waals surface area (Å²) < 4.78 is 7.85. The van der Waals surface area contributed by atoms with Gasteiger partial charge >= 0.3 is 0 Å². The molecule has 3 aromatic rings. The van der Waals surface area contributed by atoms with E-state index in [0.29, 0.717) is 6.04 Å². The zero-order valence-electron chi connectivity index (χ0n) is 18.0. The minimum Gasteiger partial charge on any atom is -0.496 e. The fraction of sp³-hybridized carbons (Fsp3) is 0.458. The van der Waals surface area contributed by atoms with E-state index in [1.54, 1.807) is 7.11 Å². The van der Waals surface area contributed by atoms with Crippen LogP contribution in [0.25, 0.3) is 5.65 Å². The van der Waals surface area contributed by atoms with Crippen molar-refractivity contribution in [1.82, 2.24) is 19.2 Å². The lowest BCUT2D eigenvalue weighted by atomic mass is 10.1. The smallest absolute Gasteiger partial charge is 0.138 e. The third kappa shape index (κ3) is 3.66. The van der Waals surface area contributed by atoms with Gasteiger partial charge in [0.2, 0.25) is 0 Å². The number of piperazine rings is 1. The van der Waals surface area contributed by atoms with E-state index in [-0.39, 0.29) is 0 Å². The van der Waals surface area contributed by atoms with Gasteiger partial charge in [-0.3, -0.25) is 14.2 Å². The third-order valence-corrected chi connectivity index (χ3v) is 6.58. The third-order valence-electron chi connectivity index (χ3n) is 6.58. The number of ether oxygens (including phenoxy) is 1. The molecule has 0 spiro atoms. The lowest BCUT2D eigenvalue weighted by molar-refractivity contribution is 0.0880. The summed E-state index contributed by atoms with van der Waals surface area (Å²) in [5, 5.41) is 0. The van der Waals surface area contributed by atoms with Crippen molar-refractivity contribution in [2.45, 2.75) is 25.4 Å². The molecule has 6 heteroatoms. The largest absolute Gasteiger partial charge is 0.496 e. The lowest BCUT2D eigenvalue weighted by Crippen LogP contribution is -2.46. The Morgan fingerprint density at radius 2 is 1.83 bits per heavy atom. The average molecular weight is 406 g/mol. The second kappa shape index (κ2) is 8.28. The van der Waals surface area contributed by atoms with Crippen molar-refractivity contribution in [2.24, 2.45) is 0 Å². The molecule has 0 saturated carbocycles. The Hall–Kier alpha value is -2.57. The molecule has 0 bridgehead atoms. The number of anilines is 1. The summed E-state index contributed by atoms with van der Waals surface area (Å²) in [7, 11) is 3.97. The summed E-state index contributed by atoms with van der Waals surface area (Å²) in [5.41, 5.74) is 3.45. The molecule has 2 aliphatic rings. The number of rotatable bonds is 5. The molecule has 2 aromatic heterocycles. The molecule has 2 fully saturated rings. The van der Waals surface area contributed by atoms with E-state index >= 15 is 0 Å². The molecule has 0 unspecified atom stereocenters. The number of para-hydroxylation sites is 1. The van der Waals surface area contributed by atoms with Gasteiger partial charge in [-0.05, 0) is 38.1 Å². The van der Waals surface area contributed by atoms with E-state index in [4.69, 9.17) is 9.72 Å². The molecule has 30 heavy (non-hydrogen) atoms. The van der Waals surface area contributed by atoms with Crippen LogP contribution in [-0.2, 0) is 6.54 Å². The van der Waals surface area contributed by atoms with E-state index in [1.807, 2.05) is 12.1 Å². The van der Waals surface area contributed by atoms with Crippen LogP contribution in [0.2, 0.25) is 0 Å². The van der Waals surface area contributed by atoms with Gasteiger partial charge in [-0.15, -0.1) is 0 Å². The molecule has 1 aromatic carbocycles. The second-order valence-electron chi connectivity index (χ2n) is 8.52. The van der Waals surface area contributed by atoms with Gasteiger partial charge in [-0.25, -0.2) is 4.98 Å². The summed E-state index contributed by atoms with van der Waals surface area (Å²) in [6, 6.07) is 15.1. The molecule has 0 amide bonds. The van der Waals surface area contributed by atoms with Crippen LogP contribution in [0.5, 0.6) is 5.75 Å². The molecule has 6 nitrogen and oxygen atoms in total. The van der Waals surface area contributed by atoms with Crippen LogP contribution in [0.15, 0.2) is 48.7 Å². The Morgan fingerprint density at radius 1 is 1.00 bits per heavy atom. The fourth-order valence-corrected chi connectivity index (χ4v) is 4.85. The fourth-order valence-electron chi connectivity index (χ4n) is 4.85. The predicted octanol–water partition coefficient (Wildman–Crippen LogP) is 3.43. The SMILES string of the molecule is COc1ccccc1CN1CCN(C)[C@H](c2cn3c(N4CCCC4)cccc3n2)C1. The van der Waals surface area contributed by atoms with Crippen LogP contribution >= 0.6 is 0 Å². The highest BCUT2D eigenvalue weighted by Crippen LogP contribution is 2.29. The predicted molar refractivity (Wildman–Crippen MR) is 120 cm³/mol. The highest BCUT2D eigenvalue weighted by atomic mass is 16.5. The summed E-state index contributed by atoms with van der Waals surface area (Å²) in [6.07, 6.45) is 4.82. The maximum Gasteiger partial charge on any atom is 0.138 e. The van der Waals surface area contributed by atoms with E-state index in [2.05, 4.69) is 62.7 Å². The van der Waals surface area contributed by atoms with Gasteiger partial charge in [0.1, 0.15) is 17.2 Å². The van der Waals surface area contributed by atoms with Gasteiger partial charge in [-0.1, -0.05) is 24.3 Å². The van der Waals surface area contributed by atoms with E-state index in [0.717, 1.165) is 56.4 Å². The number of pyridine rings is 1. The normalized spacial score (nSPS) is 20.9. The second-order valence-corrected chi connectivity index (χ2v) is 8.52. The Kier molecular flexibility index (Phi) is 5.35. The van der Waals surface area contributed by atoms with Crippen LogP contribution in [0.1, 0.15) is 30.1 Å². The minimum absolute atomic E-state index is 0.291. The summed E-state index contributed by atoms with van der Waals surface area (Å²) >= 11 is 0. The Morgan fingerprint density at radius 3 is 2.67 bits per heavy atom. The van der Waals surface area contributed by atoms with Crippen LogP contribution in [0.4, 0.5) is 5.82 Å². The van der Waals surface area contributed by atoms with Crippen LogP contribution in [0, 0.1) is 0 Å². The number of nitrogens with zero attached hydrogens (tertiary/aromatic N) is 5. The Balaban J connectivity index is 1.40. The molecule has 5 rings (SSSR count). The number of fused-ring (bicyclic) bond motifs is 1. The van der Waals surface area contributed by atoms with Crippen LogP contribution < -0.4 is 9.64 Å². The summed E-state index contributed by atoms with van der Waals surface area (Å²) in [6.45, 7) is 6.24. The molecule has 0 aliphatic carbocycles. The van der Waals surface area contributed by atoms with Crippen molar-refractivity contribution < 1.29 is 4.74 Å². The van der Waals surface area contributed by atoms with E-state index in [9.17, 15) is 0 Å². The topological polar surface area (TPSA) is 36.2 Å². The molecular weight excluding hydrogens is 374 g/mol. The van der Waals surface area contributed by atoms with Crippen molar-refractivity contribution >= 4 is 11.5 Å². The number of aromatic nitrogens is 2. The summed E-state index contributed by atoms with van der Waals surface area (Å²) in [5.74, 6) is 2.24. The van der Waals surface area contributed by atoms with Crippen LogP contribution in [-0.4, -0.2) is 66.1 Å². The van der Waals surface area contributed by atoms with E-state index in [1.165, 1.54) is 24.2 Å². The molecule has 0 radical (unpaired) electrons. The van der Waals surface area contributed by atoms with Crippen LogP contribution in [0.3, 0.4) is 0 Å². The first-order valence-corrected chi connectivity index (χ1v) is 11.0.